The van der Waals surface area contributed by atoms with Gasteiger partial charge in [-0.05, 0) is 50.8 Å². The van der Waals surface area contributed by atoms with E-state index in [1.807, 2.05) is 30.3 Å². The summed E-state index contributed by atoms with van der Waals surface area (Å²) < 4.78 is 34.0. The topological polar surface area (TPSA) is 85.7 Å². The van der Waals surface area contributed by atoms with Crippen molar-refractivity contribution in [1.82, 2.24) is 8.87 Å². The Balaban J connectivity index is 1.88. The second-order valence-corrected chi connectivity index (χ2v) is 9.44. The van der Waals surface area contributed by atoms with E-state index in [1.54, 1.807) is 32.4 Å². The van der Waals surface area contributed by atoms with E-state index in [1.165, 1.54) is 10.4 Å². The minimum atomic E-state index is -3.78. The number of carbonyl (C=O) groups is 2. The summed E-state index contributed by atoms with van der Waals surface area (Å²) in [5.74, 6) is -0.827. The fraction of sp³-hybridized carbons (Fsp3) is 0.391. The Morgan fingerprint density at radius 2 is 1.84 bits per heavy atom. The third-order valence-corrected chi connectivity index (χ3v) is 7.05. The molecule has 1 aliphatic carbocycles. The quantitative estimate of drug-likeness (QED) is 0.437. The highest BCUT2D eigenvalue weighted by Gasteiger charge is 2.38. The number of nitrogens with zero attached hydrogens (tertiary/aromatic N) is 2. The molecule has 1 saturated carbocycles. The first-order valence-corrected chi connectivity index (χ1v) is 11.8. The maximum Gasteiger partial charge on any atom is 0.355 e. The van der Waals surface area contributed by atoms with Gasteiger partial charge >= 0.3 is 5.97 Å². The number of rotatable bonds is 9. The minimum Gasteiger partial charge on any atom is -0.461 e. The zero-order valence-electron chi connectivity index (χ0n) is 18.3. The molecule has 1 aromatic carbocycles. The molecule has 0 amide bonds. The van der Waals surface area contributed by atoms with Crippen LogP contribution in [-0.2, 0) is 21.8 Å². The minimum absolute atomic E-state index is 0.178. The Morgan fingerprint density at radius 3 is 2.42 bits per heavy atom. The largest absolute Gasteiger partial charge is 0.461 e. The number of sulfonamides is 1. The molecule has 31 heavy (non-hydrogen) atoms. The first-order valence-electron chi connectivity index (χ1n) is 10.3. The molecule has 1 heterocycles. The van der Waals surface area contributed by atoms with Gasteiger partial charge in [-0.25, -0.2) is 13.2 Å². The van der Waals surface area contributed by atoms with E-state index >= 15 is 0 Å². The summed E-state index contributed by atoms with van der Waals surface area (Å²) in [5.41, 5.74) is 2.57. The molecule has 166 valence electrons. The van der Waals surface area contributed by atoms with Crippen molar-refractivity contribution in [1.29, 1.82) is 0 Å². The van der Waals surface area contributed by atoms with E-state index in [2.05, 4.69) is 0 Å². The van der Waals surface area contributed by atoms with E-state index in [0.29, 0.717) is 22.5 Å². The second-order valence-electron chi connectivity index (χ2n) is 7.67. The Bertz CT molecular complexity index is 1110. The molecular weight excluding hydrogens is 416 g/mol. The molecule has 0 spiro atoms. The lowest BCUT2D eigenvalue weighted by Gasteiger charge is -2.19. The van der Waals surface area contributed by atoms with Crippen LogP contribution in [0.2, 0.25) is 0 Å². The van der Waals surface area contributed by atoms with Gasteiger partial charge in [0.2, 0.25) is 10.0 Å². The smallest absolute Gasteiger partial charge is 0.355 e. The molecule has 3 rings (SSSR count). The third-order valence-electron chi connectivity index (χ3n) is 5.49. The van der Waals surface area contributed by atoms with Gasteiger partial charge in [0.15, 0.2) is 5.78 Å². The molecule has 8 heteroatoms. The molecule has 0 bridgehead atoms. The number of ketones is 1. The Morgan fingerprint density at radius 1 is 1.19 bits per heavy atom. The molecule has 0 aliphatic heterocycles. The SMILES string of the molecule is CCOC(=O)c1c(C)c(C(=O)CN(C2CC2)S(=O)(=O)/C=C/c2ccccc2)c(C)n1C. The summed E-state index contributed by atoms with van der Waals surface area (Å²) in [6.45, 7) is 5.12. The third kappa shape index (κ3) is 4.97. The van der Waals surface area contributed by atoms with Crippen molar-refractivity contribution in [3.8, 4) is 0 Å². The standard InChI is InChI=1S/C23H28N2O5S/c1-5-30-23(27)22-16(2)21(17(3)24(22)4)20(26)15-25(19-11-12-19)31(28,29)14-13-18-9-7-6-8-10-18/h6-10,13-14,19H,5,11-12,15H2,1-4H3/b14-13+. The number of hydrogen-bond donors (Lipinski definition) is 0. The maximum absolute atomic E-state index is 13.2. The number of carbonyl (C=O) groups excluding carboxylic acids is 2. The van der Waals surface area contributed by atoms with E-state index in [-0.39, 0.29) is 25.0 Å². The van der Waals surface area contributed by atoms with Gasteiger partial charge in [-0.2, -0.15) is 4.31 Å². The highest BCUT2D eigenvalue weighted by Crippen LogP contribution is 2.31. The second kappa shape index (κ2) is 9.20. The first kappa shape index (κ1) is 23.0. The lowest BCUT2D eigenvalue weighted by atomic mass is 10.1. The van der Waals surface area contributed by atoms with E-state index in [0.717, 1.165) is 23.8 Å². The van der Waals surface area contributed by atoms with Crippen molar-refractivity contribution < 1.29 is 22.7 Å². The lowest BCUT2D eigenvalue weighted by Crippen LogP contribution is -2.36. The summed E-state index contributed by atoms with van der Waals surface area (Å²) in [4.78, 5) is 25.5. The van der Waals surface area contributed by atoms with Crippen molar-refractivity contribution in [3.63, 3.8) is 0 Å². The molecule has 2 aromatic rings. The summed E-state index contributed by atoms with van der Waals surface area (Å²) in [7, 11) is -2.08. The highest BCUT2D eigenvalue weighted by molar-refractivity contribution is 7.92. The molecule has 7 nitrogen and oxygen atoms in total. The zero-order valence-corrected chi connectivity index (χ0v) is 19.1. The van der Waals surface area contributed by atoms with E-state index in [9.17, 15) is 18.0 Å². The van der Waals surface area contributed by atoms with Crippen LogP contribution in [0.5, 0.6) is 0 Å². The number of hydrogen-bond acceptors (Lipinski definition) is 5. The number of ether oxygens (including phenoxy) is 1. The van der Waals surface area contributed by atoms with Crippen LogP contribution in [0.15, 0.2) is 35.7 Å². The van der Waals surface area contributed by atoms with Crippen LogP contribution in [0, 0.1) is 13.8 Å². The molecule has 1 fully saturated rings. The van der Waals surface area contributed by atoms with Crippen molar-refractivity contribution in [2.45, 2.75) is 39.7 Å². The van der Waals surface area contributed by atoms with E-state index in [4.69, 9.17) is 4.74 Å². The summed E-state index contributed by atoms with van der Waals surface area (Å²) >= 11 is 0. The van der Waals surface area contributed by atoms with Crippen LogP contribution in [0.3, 0.4) is 0 Å². The zero-order chi connectivity index (χ0) is 22.8. The predicted molar refractivity (Wildman–Crippen MR) is 119 cm³/mol. The van der Waals surface area contributed by atoms with Crippen LogP contribution in [-0.4, -0.2) is 48.2 Å². The molecule has 0 N–H and O–H groups in total. The number of aromatic nitrogens is 1. The first-order chi connectivity index (χ1) is 14.7. The normalized spacial score (nSPS) is 14.4. The van der Waals surface area contributed by atoms with Crippen molar-refractivity contribution in [3.05, 3.63) is 63.8 Å². The number of benzene rings is 1. The van der Waals surface area contributed by atoms with Crippen molar-refractivity contribution >= 4 is 27.9 Å². The van der Waals surface area contributed by atoms with Crippen LogP contribution in [0.4, 0.5) is 0 Å². The van der Waals surface area contributed by atoms with Gasteiger partial charge in [0, 0.05) is 29.8 Å². The van der Waals surface area contributed by atoms with Gasteiger partial charge in [-0.15, -0.1) is 0 Å². The van der Waals surface area contributed by atoms with Crippen molar-refractivity contribution in [2.24, 2.45) is 7.05 Å². The van der Waals surface area contributed by atoms with Gasteiger partial charge in [-0.3, -0.25) is 4.79 Å². The highest BCUT2D eigenvalue weighted by atomic mass is 32.2. The maximum atomic E-state index is 13.2. The summed E-state index contributed by atoms with van der Waals surface area (Å²) in [5, 5.41) is 1.16. The predicted octanol–water partition coefficient (Wildman–Crippen LogP) is 3.47. The van der Waals surface area contributed by atoms with Crippen LogP contribution >= 0.6 is 0 Å². The molecule has 0 atom stereocenters. The van der Waals surface area contributed by atoms with Gasteiger partial charge in [0.05, 0.1) is 13.2 Å². The Hall–Kier alpha value is -2.71. The van der Waals surface area contributed by atoms with Gasteiger partial charge in [0.1, 0.15) is 5.69 Å². The average Bonchev–Trinajstić information content (AvgIpc) is 3.53. The van der Waals surface area contributed by atoms with Crippen LogP contribution in [0.25, 0.3) is 6.08 Å². The Labute approximate surface area is 183 Å². The van der Waals surface area contributed by atoms with Gasteiger partial charge in [-0.1, -0.05) is 30.3 Å². The fourth-order valence-electron chi connectivity index (χ4n) is 3.69. The van der Waals surface area contributed by atoms with Crippen LogP contribution < -0.4 is 0 Å². The number of esters is 1. The van der Waals surface area contributed by atoms with Crippen LogP contribution in [0.1, 0.15) is 57.4 Å². The van der Waals surface area contributed by atoms with E-state index < -0.39 is 16.0 Å². The summed E-state index contributed by atoms with van der Waals surface area (Å²) in [6, 6.07) is 8.96. The van der Waals surface area contributed by atoms with Gasteiger partial charge in [0.25, 0.3) is 0 Å². The lowest BCUT2D eigenvalue weighted by molar-refractivity contribution is 0.0514. The molecular formula is C23H28N2O5S. The summed E-state index contributed by atoms with van der Waals surface area (Å²) in [6.07, 6.45) is 2.99. The molecule has 1 aromatic heterocycles. The molecule has 0 unspecified atom stereocenters. The average molecular weight is 445 g/mol. The molecule has 0 radical (unpaired) electrons. The molecule has 1 aliphatic rings. The fourth-order valence-corrected chi connectivity index (χ4v) is 5.10. The monoisotopic (exact) mass is 444 g/mol. The molecule has 0 saturated heterocycles. The number of Topliss-reactive ketones (excluding diaryl/α,β-unsaturated/α-hetero) is 1. The Kier molecular flexibility index (Phi) is 6.81. The van der Waals surface area contributed by atoms with Gasteiger partial charge < -0.3 is 9.30 Å². The van der Waals surface area contributed by atoms with Crippen molar-refractivity contribution in [2.75, 3.05) is 13.2 Å².